The van der Waals surface area contributed by atoms with Gasteiger partial charge in [0.25, 0.3) is 0 Å². The van der Waals surface area contributed by atoms with E-state index in [1.807, 2.05) is 18.2 Å². The minimum absolute atomic E-state index is 0.110. The molecule has 0 fully saturated rings. The molecule has 3 rings (SSSR count). The molecule has 4 nitrogen and oxygen atoms in total. The fourth-order valence-corrected chi connectivity index (χ4v) is 2.02. The normalized spacial score (nSPS) is 15.0. The highest BCUT2D eigenvalue weighted by atomic mass is 16.5. The zero-order valence-electron chi connectivity index (χ0n) is 9.80. The Morgan fingerprint density at radius 3 is 2.94 bits per heavy atom. The van der Waals surface area contributed by atoms with Gasteiger partial charge in [-0.05, 0) is 31.1 Å². The van der Waals surface area contributed by atoms with Gasteiger partial charge in [-0.15, -0.1) is 0 Å². The lowest BCUT2D eigenvalue weighted by Gasteiger charge is -2.14. The van der Waals surface area contributed by atoms with E-state index in [0.29, 0.717) is 23.4 Å². The Morgan fingerprint density at radius 2 is 2.11 bits per heavy atom. The summed E-state index contributed by atoms with van der Waals surface area (Å²) in [7, 11) is 0. The molecule has 0 saturated heterocycles. The number of hydrogen-bond acceptors (Lipinski definition) is 4. The number of ether oxygens (including phenoxy) is 1. The number of allylic oxidation sites excluding steroid dienone is 2. The first-order valence-corrected chi connectivity index (χ1v) is 5.93. The molecule has 2 heterocycles. The van der Waals surface area contributed by atoms with Crippen LogP contribution in [-0.2, 0) is 4.74 Å². The lowest BCUT2D eigenvalue weighted by atomic mass is 10.1. The van der Waals surface area contributed by atoms with E-state index in [-0.39, 0.29) is 5.78 Å². The molecule has 0 bridgehead atoms. The molecule has 0 aliphatic carbocycles. The predicted octanol–water partition coefficient (Wildman–Crippen LogP) is 2.51. The molecule has 0 atom stereocenters. The average molecular weight is 240 g/mol. The van der Waals surface area contributed by atoms with E-state index in [2.05, 4.69) is 9.97 Å². The summed E-state index contributed by atoms with van der Waals surface area (Å²) < 4.78 is 5.41. The SMILES string of the molecule is O=C(C1=CCCCO1)c1cccc2nccnc12. The molecule has 0 amide bonds. The summed E-state index contributed by atoms with van der Waals surface area (Å²) >= 11 is 0. The van der Waals surface area contributed by atoms with E-state index in [0.717, 1.165) is 18.4 Å². The van der Waals surface area contributed by atoms with Crippen LogP contribution in [0.2, 0.25) is 0 Å². The van der Waals surface area contributed by atoms with E-state index < -0.39 is 0 Å². The van der Waals surface area contributed by atoms with Gasteiger partial charge >= 0.3 is 0 Å². The van der Waals surface area contributed by atoms with Crippen molar-refractivity contribution >= 4 is 16.8 Å². The van der Waals surface area contributed by atoms with Crippen molar-refractivity contribution in [3.8, 4) is 0 Å². The van der Waals surface area contributed by atoms with Gasteiger partial charge in [0.05, 0.1) is 23.2 Å². The van der Waals surface area contributed by atoms with Gasteiger partial charge < -0.3 is 4.74 Å². The fraction of sp³-hybridized carbons (Fsp3) is 0.214. The second-order valence-electron chi connectivity index (χ2n) is 4.12. The smallest absolute Gasteiger partial charge is 0.229 e. The van der Waals surface area contributed by atoms with E-state index in [1.54, 1.807) is 18.5 Å². The quantitative estimate of drug-likeness (QED) is 0.757. The second kappa shape index (κ2) is 4.56. The molecule has 0 unspecified atom stereocenters. The van der Waals surface area contributed by atoms with Crippen LogP contribution in [0, 0.1) is 0 Å². The molecule has 0 saturated carbocycles. The van der Waals surface area contributed by atoms with Crippen molar-refractivity contribution in [3.63, 3.8) is 0 Å². The maximum absolute atomic E-state index is 12.4. The van der Waals surface area contributed by atoms with Gasteiger partial charge in [-0.2, -0.15) is 0 Å². The van der Waals surface area contributed by atoms with Gasteiger partial charge in [0, 0.05) is 12.4 Å². The van der Waals surface area contributed by atoms with E-state index in [4.69, 9.17) is 4.74 Å². The van der Waals surface area contributed by atoms with E-state index in [9.17, 15) is 4.79 Å². The first-order chi connectivity index (χ1) is 8.86. The van der Waals surface area contributed by atoms with E-state index in [1.165, 1.54) is 0 Å². The van der Waals surface area contributed by atoms with Crippen molar-refractivity contribution < 1.29 is 9.53 Å². The predicted molar refractivity (Wildman–Crippen MR) is 67.1 cm³/mol. The second-order valence-corrected chi connectivity index (χ2v) is 4.12. The molecule has 18 heavy (non-hydrogen) atoms. The average Bonchev–Trinajstić information content (AvgIpc) is 2.47. The van der Waals surface area contributed by atoms with Crippen molar-refractivity contribution in [1.29, 1.82) is 0 Å². The number of hydrogen-bond donors (Lipinski definition) is 0. The lowest BCUT2D eigenvalue weighted by molar-refractivity contribution is 0.0900. The summed E-state index contributed by atoms with van der Waals surface area (Å²) in [4.78, 5) is 20.8. The minimum atomic E-state index is -0.110. The van der Waals surface area contributed by atoms with Crippen LogP contribution in [0.15, 0.2) is 42.4 Å². The summed E-state index contributed by atoms with van der Waals surface area (Å²) in [6, 6.07) is 5.42. The van der Waals surface area contributed by atoms with Crippen LogP contribution in [-0.4, -0.2) is 22.4 Å². The number of benzene rings is 1. The number of ketones is 1. The Bertz CT molecular complexity index is 629. The Balaban J connectivity index is 2.09. The lowest BCUT2D eigenvalue weighted by Crippen LogP contribution is -2.12. The maximum atomic E-state index is 12.4. The van der Waals surface area contributed by atoms with Crippen LogP contribution >= 0.6 is 0 Å². The van der Waals surface area contributed by atoms with Crippen molar-refractivity contribution in [2.24, 2.45) is 0 Å². The number of nitrogens with zero attached hydrogens (tertiary/aromatic N) is 2. The number of fused-ring (bicyclic) bond motifs is 1. The van der Waals surface area contributed by atoms with Gasteiger partial charge in [0.15, 0.2) is 5.76 Å². The molecule has 2 aromatic rings. The summed E-state index contributed by atoms with van der Waals surface area (Å²) in [6.45, 7) is 0.605. The number of aromatic nitrogens is 2. The van der Waals surface area contributed by atoms with Crippen molar-refractivity contribution in [1.82, 2.24) is 9.97 Å². The zero-order chi connectivity index (χ0) is 12.4. The summed E-state index contributed by atoms with van der Waals surface area (Å²) in [6.07, 6.45) is 6.91. The number of Topliss-reactive ketones (excluding diaryl/α,β-unsaturated/α-hetero) is 1. The molecule has 4 heteroatoms. The topological polar surface area (TPSA) is 52.1 Å². The Morgan fingerprint density at radius 1 is 1.22 bits per heavy atom. The van der Waals surface area contributed by atoms with Gasteiger partial charge in [-0.25, -0.2) is 0 Å². The molecule has 0 radical (unpaired) electrons. The Hall–Kier alpha value is -2.23. The van der Waals surface area contributed by atoms with E-state index >= 15 is 0 Å². The summed E-state index contributed by atoms with van der Waals surface area (Å²) in [5.74, 6) is 0.320. The first kappa shape index (κ1) is 10.9. The van der Waals surface area contributed by atoms with Gasteiger partial charge in [0.2, 0.25) is 5.78 Å². The van der Waals surface area contributed by atoms with Crippen molar-refractivity contribution in [2.45, 2.75) is 12.8 Å². The Labute approximate surface area is 104 Å². The number of carbonyl (C=O) groups is 1. The number of carbonyl (C=O) groups excluding carboxylic acids is 1. The molecule has 1 aromatic heterocycles. The van der Waals surface area contributed by atoms with Gasteiger partial charge in [-0.3, -0.25) is 14.8 Å². The molecular weight excluding hydrogens is 228 g/mol. The van der Waals surface area contributed by atoms with Crippen LogP contribution in [0.4, 0.5) is 0 Å². The van der Waals surface area contributed by atoms with Crippen LogP contribution in [0.5, 0.6) is 0 Å². The molecular formula is C14H12N2O2. The monoisotopic (exact) mass is 240 g/mol. The van der Waals surface area contributed by atoms with Crippen LogP contribution in [0.3, 0.4) is 0 Å². The minimum Gasteiger partial charge on any atom is -0.490 e. The highest BCUT2D eigenvalue weighted by Crippen LogP contribution is 2.20. The molecule has 1 aliphatic heterocycles. The standard InChI is InChI=1S/C14H12N2O2/c17-14(12-6-1-2-9-18-12)10-4-3-5-11-13(10)16-8-7-15-11/h3-8H,1-2,9H2. The largest absolute Gasteiger partial charge is 0.490 e. The molecule has 0 spiro atoms. The van der Waals surface area contributed by atoms with Gasteiger partial charge in [0.1, 0.15) is 0 Å². The van der Waals surface area contributed by atoms with Crippen LogP contribution in [0.1, 0.15) is 23.2 Å². The third-order valence-corrected chi connectivity index (χ3v) is 2.90. The fourth-order valence-electron chi connectivity index (χ4n) is 2.02. The molecule has 1 aliphatic rings. The number of rotatable bonds is 2. The third kappa shape index (κ3) is 1.86. The third-order valence-electron chi connectivity index (χ3n) is 2.90. The summed E-state index contributed by atoms with van der Waals surface area (Å²) in [5, 5.41) is 0. The summed E-state index contributed by atoms with van der Waals surface area (Å²) in [5.41, 5.74) is 1.90. The molecule has 90 valence electrons. The highest BCUT2D eigenvalue weighted by molar-refractivity contribution is 6.13. The molecule has 1 aromatic carbocycles. The first-order valence-electron chi connectivity index (χ1n) is 5.93. The van der Waals surface area contributed by atoms with Crippen LogP contribution < -0.4 is 0 Å². The van der Waals surface area contributed by atoms with Crippen LogP contribution in [0.25, 0.3) is 11.0 Å². The maximum Gasteiger partial charge on any atom is 0.229 e. The Kier molecular flexibility index (Phi) is 2.76. The molecule has 0 N–H and O–H groups in total. The van der Waals surface area contributed by atoms with Gasteiger partial charge in [-0.1, -0.05) is 6.07 Å². The zero-order valence-corrected chi connectivity index (χ0v) is 9.80. The highest BCUT2D eigenvalue weighted by Gasteiger charge is 2.18. The van der Waals surface area contributed by atoms with Crippen molar-refractivity contribution in [3.05, 3.63) is 48.0 Å². The van der Waals surface area contributed by atoms with Crippen molar-refractivity contribution in [2.75, 3.05) is 6.61 Å². The number of para-hydroxylation sites is 1.